The lowest BCUT2D eigenvalue weighted by Gasteiger charge is -2.01. The van der Waals surface area contributed by atoms with Gasteiger partial charge in [-0.05, 0) is 34.1 Å². The summed E-state index contributed by atoms with van der Waals surface area (Å²) in [5, 5.41) is 10.6. The van der Waals surface area contributed by atoms with Gasteiger partial charge in [0.05, 0.1) is 4.92 Å². The molecule has 1 aromatic heterocycles. The van der Waals surface area contributed by atoms with Gasteiger partial charge >= 0.3 is 0 Å². The van der Waals surface area contributed by atoms with Crippen molar-refractivity contribution in [2.45, 2.75) is 13.3 Å². The van der Waals surface area contributed by atoms with E-state index in [4.69, 9.17) is 4.42 Å². The molecule has 0 amide bonds. The number of non-ortho nitro benzene ring substituents is 1. The maximum Gasteiger partial charge on any atom is 0.270 e. The standard InChI is InChI=1S/C13H10BrNO4/c1-2-11(16)13-6-5-12(19-13)9-4-3-8(15(17)18)7-10(9)14/h3-7H,2H2,1H3. The van der Waals surface area contributed by atoms with E-state index in [1.807, 2.05) is 0 Å². The summed E-state index contributed by atoms with van der Waals surface area (Å²) in [6, 6.07) is 7.66. The van der Waals surface area contributed by atoms with Crippen molar-refractivity contribution < 1.29 is 14.1 Å². The molecule has 0 spiro atoms. The van der Waals surface area contributed by atoms with Gasteiger partial charge in [-0.2, -0.15) is 0 Å². The third-order valence-corrected chi connectivity index (χ3v) is 3.29. The molecule has 0 radical (unpaired) electrons. The lowest BCUT2D eigenvalue weighted by Crippen LogP contribution is -1.92. The molecule has 0 fully saturated rings. The predicted octanol–water partition coefficient (Wildman–Crippen LogP) is 4.21. The molecule has 0 saturated heterocycles. The summed E-state index contributed by atoms with van der Waals surface area (Å²) in [5.41, 5.74) is 0.660. The fourth-order valence-corrected chi connectivity index (χ4v) is 2.19. The molecule has 0 aliphatic carbocycles. The Morgan fingerprint density at radius 3 is 2.68 bits per heavy atom. The highest BCUT2D eigenvalue weighted by Crippen LogP contribution is 2.32. The van der Waals surface area contributed by atoms with Gasteiger partial charge in [0, 0.05) is 28.6 Å². The fourth-order valence-electron chi connectivity index (χ4n) is 1.62. The summed E-state index contributed by atoms with van der Waals surface area (Å²) in [5.74, 6) is 0.714. The number of nitro benzene ring substituents is 1. The van der Waals surface area contributed by atoms with Crippen LogP contribution in [0.5, 0.6) is 0 Å². The number of carbonyl (C=O) groups excluding carboxylic acids is 1. The maximum absolute atomic E-state index is 11.5. The van der Waals surface area contributed by atoms with E-state index in [1.54, 1.807) is 25.1 Å². The first-order valence-corrected chi connectivity index (χ1v) is 6.39. The molecular formula is C13H10BrNO4. The van der Waals surface area contributed by atoms with Crippen LogP contribution < -0.4 is 0 Å². The molecule has 0 bridgehead atoms. The summed E-state index contributed by atoms with van der Waals surface area (Å²) in [6.45, 7) is 1.76. The number of halogens is 1. The Morgan fingerprint density at radius 2 is 2.11 bits per heavy atom. The van der Waals surface area contributed by atoms with Crippen LogP contribution in [0.3, 0.4) is 0 Å². The topological polar surface area (TPSA) is 73.3 Å². The Bertz CT molecular complexity index is 648. The van der Waals surface area contributed by atoms with Crippen LogP contribution in [0.25, 0.3) is 11.3 Å². The minimum atomic E-state index is -0.470. The Kier molecular flexibility index (Phi) is 3.80. The molecule has 0 aliphatic rings. The zero-order valence-electron chi connectivity index (χ0n) is 10.1. The van der Waals surface area contributed by atoms with E-state index < -0.39 is 4.92 Å². The normalized spacial score (nSPS) is 10.4. The average Bonchev–Trinajstić information content (AvgIpc) is 2.87. The number of benzene rings is 1. The first-order valence-electron chi connectivity index (χ1n) is 5.60. The predicted molar refractivity (Wildman–Crippen MR) is 73.1 cm³/mol. The Morgan fingerprint density at radius 1 is 1.37 bits per heavy atom. The summed E-state index contributed by atoms with van der Waals surface area (Å²) >= 11 is 3.27. The first-order chi connectivity index (χ1) is 9.02. The van der Waals surface area contributed by atoms with Crippen LogP contribution in [0.1, 0.15) is 23.9 Å². The number of hydrogen-bond acceptors (Lipinski definition) is 4. The second kappa shape index (κ2) is 5.36. The summed E-state index contributed by atoms with van der Waals surface area (Å²) in [6.07, 6.45) is 0.369. The maximum atomic E-state index is 11.5. The average molecular weight is 324 g/mol. The molecule has 0 atom stereocenters. The van der Waals surface area contributed by atoms with Crippen molar-refractivity contribution in [1.82, 2.24) is 0 Å². The van der Waals surface area contributed by atoms with Gasteiger partial charge in [0.15, 0.2) is 11.5 Å². The van der Waals surface area contributed by atoms with Crippen molar-refractivity contribution >= 4 is 27.4 Å². The summed E-state index contributed by atoms with van der Waals surface area (Å²) in [4.78, 5) is 21.7. The number of nitro groups is 1. The van der Waals surface area contributed by atoms with Crippen LogP contribution >= 0.6 is 15.9 Å². The van der Waals surface area contributed by atoms with E-state index in [2.05, 4.69) is 15.9 Å². The molecule has 2 rings (SSSR count). The number of rotatable bonds is 4. The van der Waals surface area contributed by atoms with Gasteiger partial charge in [-0.15, -0.1) is 0 Å². The van der Waals surface area contributed by atoms with Crippen molar-refractivity contribution in [3.05, 3.63) is 50.7 Å². The van der Waals surface area contributed by atoms with Gasteiger partial charge < -0.3 is 4.42 Å². The van der Waals surface area contributed by atoms with Crippen molar-refractivity contribution in [3.8, 4) is 11.3 Å². The van der Waals surface area contributed by atoms with Gasteiger partial charge in [-0.3, -0.25) is 14.9 Å². The van der Waals surface area contributed by atoms with Gasteiger partial charge in [-0.25, -0.2) is 0 Å². The number of carbonyl (C=O) groups is 1. The highest BCUT2D eigenvalue weighted by atomic mass is 79.9. The summed E-state index contributed by atoms with van der Waals surface area (Å²) < 4.78 is 6.00. The van der Waals surface area contributed by atoms with Crippen LogP contribution in [0, 0.1) is 10.1 Å². The zero-order valence-corrected chi connectivity index (χ0v) is 11.6. The quantitative estimate of drug-likeness (QED) is 0.480. The van der Waals surface area contributed by atoms with Crippen molar-refractivity contribution in [1.29, 1.82) is 0 Å². The van der Waals surface area contributed by atoms with Crippen molar-refractivity contribution in [2.75, 3.05) is 0 Å². The van der Waals surface area contributed by atoms with E-state index in [0.717, 1.165) is 0 Å². The largest absolute Gasteiger partial charge is 0.453 e. The lowest BCUT2D eigenvalue weighted by molar-refractivity contribution is -0.384. The van der Waals surface area contributed by atoms with Gasteiger partial charge in [-0.1, -0.05) is 6.92 Å². The third-order valence-electron chi connectivity index (χ3n) is 2.63. The molecule has 19 heavy (non-hydrogen) atoms. The molecule has 1 heterocycles. The number of furan rings is 1. The molecule has 0 saturated carbocycles. The number of Topliss-reactive ketones (excluding diaryl/α,β-unsaturated/α-hetero) is 1. The molecule has 1 aromatic carbocycles. The summed E-state index contributed by atoms with van der Waals surface area (Å²) in [7, 11) is 0. The van der Waals surface area contributed by atoms with E-state index >= 15 is 0 Å². The molecule has 0 N–H and O–H groups in total. The SMILES string of the molecule is CCC(=O)c1ccc(-c2ccc([N+](=O)[O-])cc2Br)o1. The first kappa shape index (κ1) is 13.5. The van der Waals surface area contributed by atoms with Crippen LogP contribution in [0.15, 0.2) is 39.2 Å². The highest BCUT2D eigenvalue weighted by Gasteiger charge is 2.15. The third kappa shape index (κ3) is 2.73. The van der Waals surface area contributed by atoms with E-state index in [-0.39, 0.29) is 11.5 Å². The van der Waals surface area contributed by atoms with E-state index in [9.17, 15) is 14.9 Å². The second-order valence-corrected chi connectivity index (χ2v) is 4.72. The van der Waals surface area contributed by atoms with Gasteiger partial charge in [0.2, 0.25) is 0 Å². The van der Waals surface area contributed by atoms with Crippen molar-refractivity contribution in [3.63, 3.8) is 0 Å². The number of hydrogen-bond donors (Lipinski definition) is 0. The molecular weight excluding hydrogens is 314 g/mol. The van der Waals surface area contributed by atoms with Gasteiger partial charge in [0.25, 0.3) is 5.69 Å². The molecule has 5 nitrogen and oxygen atoms in total. The number of ketones is 1. The van der Waals surface area contributed by atoms with E-state index in [1.165, 1.54) is 12.1 Å². The van der Waals surface area contributed by atoms with Gasteiger partial charge in [0.1, 0.15) is 5.76 Å². The van der Waals surface area contributed by atoms with Crippen LogP contribution in [-0.4, -0.2) is 10.7 Å². The Labute approximate surface area is 117 Å². The van der Waals surface area contributed by atoms with Crippen LogP contribution in [-0.2, 0) is 0 Å². The minimum absolute atomic E-state index is 0.00737. The highest BCUT2D eigenvalue weighted by molar-refractivity contribution is 9.10. The molecule has 6 heteroatoms. The van der Waals surface area contributed by atoms with Crippen LogP contribution in [0.4, 0.5) is 5.69 Å². The monoisotopic (exact) mass is 323 g/mol. The second-order valence-electron chi connectivity index (χ2n) is 3.86. The zero-order chi connectivity index (χ0) is 14.0. The Balaban J connectivity index is 2.39. The number of nitrogens with zero attached hydrogens (tertiary/aromatic N) is 1. The minimum Gasteiger partial charge on any atom is -0.453 e. The lowest BCUT2D eigenvalue weighted by atomic mass is 10.1. The van der Waals surface area contributed by atoms with Crippen LogP contribution in [0.2, 0.25) is 0 Å². The smallest absolute Gasteiger partial charge is 0.270 e. The fraction of sp³-hybridized carbons (Fsp3) is 0.154. The molecule has 2 aromatic rings. The van der Waals surface area contributed by atoms with E-state index in [0.29, 0.717) is 28.0 Å². The Hall–Kier alpha value is -1.95. The van der Waals surface area contributed by atoms with Crippen molar-refractivity contribution in [2.24, 2.45) is 0 Å². The molecule has 0 aliphatic heterocycles. The molecule has 0 unspecified atom stereocenters. The molecule has 98 valence electrons.